The van der Waals surface area contributed by atoms with E-state index in [1.165, 1.54) is 7.11 Å². The van der Waals surface area contributed by atoms with Crippen LogP contribution in [-0.2, 0) is 96.5 Å². The van der Waals surface area contributed by atoms with Gasteiger partial charge in [-0.1, -0.05) is 182 Å². The lowest BCUT2D eigenvalue weighted by molar-refractivity contribution is -0.347. The van der Waals surface area contributed by atoms with E-state index in [2.05, 4.69) is 0 Å². The van der Waals surface area contributed by atoms with Crippen molar-refractivity contribution in [1.29, 1.82) is 0 Å². The Hall–Kier alpha value is -5.61. The van der Waals surface area contributed by atoms with Crippen molar-refractivity contribution in [3.8, 4) is 0 Å². The van der Waals surface area contributed by atoms with Gasteiger partial charge in [-0.15, -0.1) is 0 Å². The molecule has 10 atom stereocenters. The molecule has 2 aliphatic rings. The fourth-order valence-electron chi connectivity index (χ4n) is 8.36. The molecule has 6 aromatic rings. The number of ether oxygens (including phenoxy) is 11. The van der Waals surface area contributed by atoms with Crippen LogP contribution in [0.1, 0.15) is 33.4 Å². The van der Waals surface area contributed by atoms with Gasteiger partial charge in [-0.3, -0.25) is 0 Å². The molecule has 6 aromatic carbocycles. The summed E-state index contributed by atoms with van der Waals surface area (Å²) in [5, 5.41) is 0. The van der Waals surface area contributed by atoms with Crippen molar-refractivity contribution in [3.63, 3.8) is 0 Å². The summed E-state index contributed by atoms with van der Waals surface area (Å²) in [7, 11) is 2.89. The van der Waals surface area contributed by atoms with Gasteiger partial charge in [-0.05, 0) is 33.4 Å². The monoisotopic (exact) mass is 924 g/mol. The topological polar surface area (TPSA) is 119 Å². The Morgan fingerprint density at radius 2 is 0.676 bits per heavy atom. The zero-order valence-corrected chi connectivity index (χ0v) is 38.4. The van der Waals surface area contributed by atoms with Crippen LogP contribution in [0.2, 0.25) is 0 Å². The second-order valence-electron chi connectivity index (χ2n) is 16.6. The van der Waals surface area contributed by atoms with Crippen LogP contribution in [0.15, 0.2) is 182 Å². The van der Waals surface area contributed by atoms with E-state index in [-0.39, 0.29) is 46.2 Å². The summed E-state index contributed by atoms with van der Waals surface area (Å²) in [5.74, 6) is -0.656. The van der Waals surface area contributed by atoms with Crippen molar-refractivity contribution < 1.29 is 56.9 Å². The molecule has 0 N–H and O–H groups in total. The quantitative estimate of drug-likeness (QED) is 0.0572. The van der Waals surface area contributed by atoms with Gasteiger partial charge >= 0.3 is 5.97 Å². The molecule has 0 bridgehead atoms. The Morgan fingerprint density at radius 3 is 1.03 bits per heavy atom. The molecular formula is C56H60O12. The minimum absolute atomic E-state index is 0.110. The minimum atomic E-state index is -1.27. The van der Waals surface area contributed by atoms with Crippen molar-refractivity contribution >= 4 is 5.97 Å². The van der Waals surface area contributed by atoms with Crippen LogP contribution in [0.4, 0.5) is 0 Å². The summed E-state index contributed by atoms with van der Waals surface area (Å²) in [5.41, 5.74) is 5.63. The van der Waals surface area contributed by atoms with Gasteiger partial charge in [0.1, 0.15) is 42.7 Å². The van der Waals surface area contributed by atoms with Crippen molar-refractivity contribution in [2.75, 3.05) is 20.8 Å². The van der Waals surface area contributed by atoms with Crippen LogP contribution in [0.25, 0.3) is 0 Å². The van der Waals surface area contributed by atoms with E-state index >= 15 is 0 Å². The number of carbonyl (C=O) groups is 1. The zero-order valence-electron chi connectivity index (χ0n) is 38.4. The van der Waals surface area contributed by atoms with E-state index in [9.17, 15) is 4.79 Å². The molecule has 356 valence electrons. The van der Waals surface area contributed by atoms with Crippen LogP contribution >= 0.6 is 0 Å². The van der Waals surface area contributed by atoms with Gasteiger partial charge in [0.15, 0.2) is 18.7 Å². The molecule has 0 aromatic heterocycles. The molecule has 0 unspecified atom stereocenters. The highest BCUT2D eigenvalue weighted by atomic mass is 16.8. The van der Waals surface area contributed by atoms with E-state index in [4.69, 9.17) is 52.1 Å². The summed E-state index contributed by atoms with van der Waals surface area (Å²) in [6.45, 7) is 1.19. The van der Waals surface area contributed by atoms with Gasteiger partial charge in [0, 0.05) is 7.11 Å². The molecule has 2 saturated heterocycles. The molecule has 2 fully saturated rings. The molecule has 0 saturated carbocycles. The standard InChI is InChI=1S/C56H60O12/c1-58-54(57)51-49(62-35-42-25-13-5-14-26-42)50(63-36-43-27-15-6-16-28-43)53(65-38-45-31-19-8-20-32-45)56(68-51)66-39-46-47(60-33-40-21-9-3-10-22-40)48(61-34-41-23-11-4-12-24-41)52(55(59-2)67-46)64-37-44-29-17-7-18-30-44/h3-32,46-53,55-56H,33-39H2,1-2H3/t46-,47-,48+,49-,50+,51+,52-,53-,55+,56-/m1/s1. The van der Waals surface area contributed by atoms with E-state index in [1.807, 2.05) is 182 Å². The average molecular weight is 925 g/mol. The number of esters is 1. The Morgan fingerprint density at radius 1 is 0.368 bits per heavy atom. The van der Waals surface area contributed by atoms with Crippen molar-refractivity contribution in [1.82, 2.24) is 0 Å². The first-order chi connectivity index (χ1) is 33.6. The zero-order chi connectivity index (χ0) is 46.8. The largest absolute Gasteiger partial charge is 0.467 e. The first kappa shape index (κ1) is 48.8. The Labute approximate surface area is 398 Å². The highest BCUT2D eigenvalue weighted by Gasteiger charge is 2.54. The maximum absolute atomic E-state index is 13.9. The molecule has 12 heteroatoms. The average Bonchev–Trinajstić information content (AvgIpc) is 3.40. The number of rotatable bonds is 23. The van der Waals surface area contributed by atoms with Gasteiger partial charge < -0.3 is 52.1 Å². The van der Waals surface area contributed by atoms with Crippen LogP contribution in [0.5, 0.6) is 0 Å². The Balaban J connectivity index is 1.12. The predicted octanol–water partition coefficient (Wildman–Crippen LogP) is 8.78. The summed E-state index contributed by atoms with van der Waals surface area (Å²) in [6, 6.07) is 59.0. The predicted molar refractivity (Wildman–Crippen MR) is 252 cm³/mol. The van der Waals surface area contributed by atoms with Crippen LogP contribution in [-0.4, -0.2) is 88.2 Å². The molecule has 0 radical (unpaired) electrons. The maximum Gasteiger partial charge on any atom is 0.337 e. The summed E-state index contributed by atoms with van der Waals surface area (Å²) in [4.78, 5) is 13.9. The third-order valence-corrected chi connectivity index (χ3v) is 11.9. The van der Waals surface area contributed by atoms with Crippen LogP contribution in [0.3, 0.4) is 0 Å². The Kier molecular flexibility index (Phi) is 18.4. The summed E-state index contributed by atoms with van der Waals surface area (Å²) < 4.78 is 72.3. The molecule has 0 spiro atoms. The molecule has 0 amide bonds. The van der Waals surface area contributed by atoms with Gasteiger partial charge in [0.05, 0.1) is 53.4 Å². The normalized spacial score (nSPS) is 24.9. The van der Waals surface area contributed by atoms with Gasteiger partial charge in [0.25, 0.3) is 0 Å². The fourth-order valence-corrected chi connectivity index (χ4v) is 8.36. The van der Waals surface area contributed by atoms with Crippen molar-refractivity contribution in [2.45, 2.75) is 101 Å². The molecule has 2 aliphatic heterocycles. The molecule has 2 heterocycles. The first-order valence-electron chi connectivity index (χ1n) is 23.0. The molecule has 68 heavy (non-hydrogen) atoms. The number of hydrogen-bond donors (Lipinski definition) is 0. The third-order valence-electron chi connectivity index (χ3n) is 11.9. The summed E-state index contributed by atoms with van der Waals surface area (Å²) in [6.07, 6.45) is -9.19. The smallest absolute Gasteiger partial charge is 0.337 e. The second kappa shape index (κ2) is 25.7. The van der Waals surface area contributed by atoms with Gasteiger partial charge in [-0.2, -0.15) is 0 Å². The molecular weight excluding hydrogens is 865 g/mol. The van der Waals surface area contributed by atoms with E-state index < -0.39 is 67.4 Å². The van der Waals surface area contributed by atoms with Gasteiger partial charge in [-0.25, -0.2) is 4.79 Å². The highest BCUT2D eigenvalue weighted by Crippen LogP contribution is 2.35. The number of hydrogen-bond acceptors (Lipinski definition) is 12. The van der Waals surface area contributed by atoms with Crippen molar-refractivity contribution in [3.05, 3.63) is 215 Å². The summed E-state index contributed by atoms with van der Waals surface area (Å²) >= 11 is 0. The van der Waals surface area contributed by atoms with E-state index in [0.29, 0.717) is 0 Å². The molecule has 8 rings (SSSR count). The van der Waals surface area contributed by atoms with E-state index in [1.54, 1.807) is 7.11 Å². The minimum Gasteiger partial charge on any atom is -0.467 e. The maximum atomic E-state index is 13.9. The molecule has 0 aliphatic carbocycles. The number of benzene rings is 6. The molecule has 12 nitrogen and oxygen atoms in total. The highest BCUT2D eigenvalue weighted by molar-refractivity contribution is 5.75. The lowest BCUT2D eigenvalue weighted by atomic mass is 9.96. The third kappa shape index (κ3) is 13.5. The van der Waals surface area contributed by atoms with E-state index in [0.717, 1.165) is 33.4 Å². The van der Waals surface area contributed by atoms with Gasteiger partial charge in [0.2, 0.25) is 0 Å². The first-order valence-corrected chi connectivity index (χ1v) is 23.0. The second-order valence-corrected chi connectivity index (χ2v) is 16.6. The van der Waals surface area contributed by atoms with Crippen molar-refractivity contribution in [2.24, 2.45) is 0 Å². The van der Waals surface area contributed by atoms with Crippen LogP contribution in [0, 0.1) is 0 Å². The lowest BCUT2D eigenvalue weighted by Crippen LogP contribution is -2.64. The fraction of sp³-hybridized carbons (Fsp3) is 0.339. The Bertz CT molecular complexity index is 2330. The number of methoxy groups -OCH3 is 2. The number of carbonyl (C=O) groups excluding carboxylic acids is 1. The van der Waals surface area contributed by atoms with Crippen LogP contribution < -0.4 is 0 Å². The lowest BCUT2D eigenvalue weighted by Gasteiger charge is -2.47. The SMILES string of the molecule is COC(=O)[C@H]1O[C@@H](OC[C@H]2O[C@H](OC)[C@H](OCc3ccccc3)[C@@H](OCc3ccccc3)[C@@H]2OCc2ccccc2)[C@H](OCc2ccccc2)[C@@H](OCc2ccccc2)[C@H]1OCc1ccccc1.